The van der Waals surface area contributed by atoms with E-state index in [9.17, 15) is 4.39 Å². The monoisotopic (exact) mass is 252 g/mol. The topological polar surface area (TPSA) is 9.23 Å². The van der Waals surface area contributed by atoms with E-state index in [1.165, 1.54) is 12.1 Å². The Morgan fingerprint density at radius 3 is 2.53 bits per heavy atom. The largest absolute Gasteiger partial charge is 0.495 e. The van der Waals surface area contributed by atoms with Crippen molar-refractivity contribution in [2.75, 3.05) is 7.11 Å². The second-order valence-corrected chi connectivity index (χ2v) is 3.85. The summed E-state index contributed by atoms with van der Waals surface area (Å²) in [5.41, 5.74) is 1.75. The molecule has 94 valence electrons. The van der Waals surface area contributed by atoms with E-state index >= 15 is 0 Å². The summed E-state index contributed by atoms with van der Waals surface area (Å²) in [6.45, 7) is 0. The molecule has 1 nitrogen and oxygen atoms in total. The fraction of sp³-hybridized carbons (Fsp3) is 0.0588. The molecule has 0 unspecified atom stereocenters. The summed E-state index contributed by atoms with van der Waals surface area (Å²) in [6.07, 6.45) is 3.57. The van der Waals surface area contributed by atoms with E-state index in [1.54, 1.807) is 25.3 Å². The Balaban J connectivity index is 2.10. The Kier molecular flexibility index (Phi) is 4.36. The highest BCUT2D eigenvalue weighted by Gasteiger charge is 1.95. The quantitative estimate of drug-likeness (QED) is 0.736. The Morgan fingerprint density at radius 1 is 1.05 bits per heavy atom. The zero-order chi connectivity index (χ0) is 13.5. The highest BCUT2D eigenvalue weighted by atomic mass is 19.1. The Hall–Kier alpha value is -2.53. The molecular weight excluding hydrogens is 239 g/mol. The lowest BCUT2D eigenvalue weighted by Crippen LogP contribution is -1.85. The summed E-state index contributed by atoms with van der Waals surface area (Å²) in [5, 5.41) is 0. The maximum Gasteiger partial charge on any atom is 0.134 e. The lowest BCUT2D eigenvalue weighted by molar-refractivity contribution is 0.413. The molecule has 19 heavy (non-hydrogen) atoms. The summed E-state index contributed by atoms with van der Waals surface area (Å²) in [6, 6.07) is 13.8. The van der Waals surface area contributed by atoms with E-state index < -0.39 is 0 Å². The molecule has 0 spiro atoms. The number of para-hydroxylation sites is 1. The molecule has 2 aromatic carbocycles. The zero-order valence-corrected chi connectivity index (χ0v) is 10.6. The van der Waals surface area contributed by atoms with Crippen LogP contribution < -0.4 is 4.74 Å². The SMILES string of the molecule is COc1ccccc1C#CC=Cc1ccc(F)cc1. The van der Waals surface area contributed by atoms with E-state index in [0.29, 0.717) is 0 Å². The smallest absolute Gasteiger partial charge is 0.134 e. The highest BCUT2D eigenvalue weighted by molar-refractivity contribution is 5.54. The second-order valence-electron chi connectivity index (χ2n) is 3.85. The van der Waals surface area contributed by atoms with Crippen LogP contribution in [0.4, 0.5) is 4.39 Å². The fourth-order valence-corrected chi connectivity index (χ4v) is 1.58. The molecule has 0 aliphatic carbocycles. The molecule has 0 fully saturated rings. The molecule has 0 atom stereocenters. The first-order valence-electron chi connectivity index (χ1n) is 5.86. The van der Waals surface area contributed by atoms with Crippen LogP contribution in [0.25, 0.3) is 6.08 Å². The molecular formula is C17H13FO. The Labute approximate surface area is 112 Å². The number of benzene rings is 2. The van der Waals surface area contributed by atoms with Gasteiger partial charge in [0.05, 0.1) is 12.7 Å². The van der Waals surface area contributed by atoms with Crippen molar-refractivity contribution in [2.45, 2.75) is 0 Å². The van der Waals surface area contributed by atoms with Gasteiger partial charge in [0, 0.05) is 0 Å². The number of hydrogen-bond donors (Lipinski definition) is 0. The number of halogens is 1. The van der Waals surface area contributed by atoms with Crippen molar-refractivity contribution in [3.63, 3.8) is 0 Å². The molecule has 0 aliphatic heterocycles. The minimum Gasteiger partial charge on any atom is -0.495 e. The summed E-state index contributed by atoms with van der Waals surface area (Å²) in [7, 11) is 1.62. The van der Waals surface area contributed by atoms with Gasteiger partial charge in [0.2, 0.25) is 0 Å². The van der Waals surface area contributed by atoms with E-state index in [2.05, 4.69) is 11.8 Å². The van der Waals surface area contributed by atoms with Crippen molar-refractivity contribution in [1.29, 1.82) is 0 Å². The van der Waals surface area contributed by atoms with Crippen LogP contribution in [0, 0.1) is 17.7 Å². The van der Waals surface area contributed by atoms with Crippen molar-refractivity contribution < 1.29 is 9.13 Å². The number of hydrogen-bond acceptors (Lipinski definition) is 1. The van der Waals surface area contributed by atoms with Crippen LogP contribution in [0.5, 0.6) is 5.75 Å². The molecule has 2 rings (SSSR count). The van der Waals surface area contributed by atoms with Crippen LogP contribution in [-0.4, -0.2) is 7.11 Å². The molecule has 0 saturated carbocycles. The fourth-order valence-electron chi connectivity index (χ4n) is 1.58. The van der Waals surface area contributed by atoms with Crippen LogP contribution in [-0.2, 0) is 0 Å². The predicted octanol–water partition coefficient (Wildman–Crippen LogP) is 3.90. The maximum absolute atomic E-state index is 12.7. The lowest BCUT2D eigenvalue weighted by atomic mass is 10.2. The maximum atomic E-state index is 12.7. The van der Waals surface area contributed by atoms with Gasteiger partial charge in [-0.3, -0.25) is 0 Å². The number of ether oxygens (including phenoxy) is 1. The standard InChI is InChI=1S/C17H13FO/c1-19-17-9-5-4-8-15(17)7-3-2-6-14-10-12-16(18)13-11-14/h2,4-6,8-13H,1H3. The minimum atomic E-state index is -0.239. The molecule has 0 radical (unpaired) electrons. The van der Waals surface area contributed by atoms with E-state index in [0.717, 1.165) is 16.9 Å². The molecule has 0 bridgehead atoms. The summed E-state index contributed by atoms with van der Waals surface area (Å²) >= 11 is 0. The summed E-state index contributed by atoms with van der Waals surface area (Å²) in [4.78, 5) is 0. The molecule has 0 saturated heterocycles. The molecule has 0 amide bonds. The highest BCUT2D eigenvalue weighted by Crippen LogP contribution is 2.15. The summed E-state index contributed by atoms with van der Waals surface area (Å²) in [5.74, 6) is 6.46. The number of methoxy groups -OCH3 is 1. The molecule has 0 aromatic heterocycles. The van der Waals surface area contributed by atoms with Crippen LogP contribution in [0.1, 0.15) is 11.1 Å². The lowest BCUT2D eigenvalue weighted by Gasteiger charge is -2.00. The minimum absolute atomic E-state index is 0.239. The van der Waals surface area contributed by atoms with Crippen molar-refractivity contribution in [1.82, 2.24) is 0 Å². The van der Waals surface area contributed by atoms with Gasteiger partial charge in [0.25, 0.3) is 0 Å². The second kappa shape index (κ2) is 6.42. The van der Waals surface area contributed by atoms with Gasteiger partial charge < -0.3 is 4.74 Å². The van der Waals surface area contributed by atoms with Gasteiger partial charge in [0.15, 0.2) is 0 Å². The first-order chi connectivity index (χ1) is 9.29. The van der Waals surface area contributed by atoms with Crippen LogP contribution in [0.15, 0.2) is 54.6 Å². The number of rotatable bonds is 2. The first kappa shape index (κ1) is 12.9. The van der Waals surface area contributed by atoms with Crippen molar-refractivity contribution >= 4 is 6.08 Å². The van der Waals surface area contributed by atoms with Crippen molar-refractivity contribution in [2.24, 2.45) is 0 Å². The molecule has 2 aromatic rings. The number of allylic oxidation sites excluding steroid dienone is 1. The van der Waals surface area contributed by atoms with Gasteiger partial charge >= 0.3 is 0 Å². The average Bonchev–Trinajstić information content (AvgIpc) is 2.46. The van der Waals surface area contributed by atoms with Crippen molar-refractivity contribution in [3.05, 3.63) is 71.6 Å². The summed E-state index contributed by atoms with van der Waals surface area (Å²) < 4.78 is 17.9. The Morgan fingerprint density at radius 2 is 1.79 bits per heavy atom. The third-order valence-electron chi connectivity index (χ3n) is 2.54. The van der Waals surface area contributed by atoms with E-state index in [-0.39, 0.29) is 5.82 Å². The van der Waals surface area contributed by atoms with Crippen LogP contribution >= 0.6 is 0 Å². The zero-order valence-electron chi connectivity index (χ0n) is 10.6. The third-order valence-corrected chi connectivity index (χ3v) is 2.54. The van der Waals surface area contributed by atoms with Crippen LogP contribution in [0.3, 0.4) is 0 Å². The van der Waals surface area contributed by atoms with E-state index in [4.69, 9.17) is 4.74 Å². The molecule has 0 N–H and O–H groups in total. The molecule has 0 heterocycles. The van der Waals surface area contributed by atoms with Gasteiger partial charge in [-0.15, -0.1) is 0 Å². The normalized spacial score (nSPS) is 10.0. The average molecular weight is 252 g/mol. The van der Waals surface area contributed by atoms with E-state index in [1.807, 2.05) is 30.3 Å². The van der Waals surface area contributed by atoms with Gasteiger partial charge in [0.1, 0.15) is 11.6 Å². The van der Waals surface area contributed by atoms with Crippen molar-refractivity contribution in [3.8, 4) is 17.6 Å². The van der Waals surface area contributed by atoms with Gasteiger partial charge in [-0.2, -0.15) is 0 Å². The van der Waals surface area contributed by atoms with Crippen LogP contribution in [0.2, 0.25) is 0 Å². The molecule has 0 aliphatic rings. The van der Waals surface area contributed by atoms with Gasteiger partial charge in [-0.25, -0.2) is 4.39 Å². The molecule has 2 heteroatoms. The Bertz CT molecular complexity index is 630. The predicted molar refractivity (Wildman–Crippen MR) is 75.3 cm³/mol. The van der Waals surface area contributed by atoms with Gasteiger partial charge in [-0.1, -0.05) is 36.1 Å². The first-order valence-corrected chi connectivity index (χ1v) is 5.86. The van der Waals surface area contributed by atoms with Gasteiger partial charge in [-0.05, 0) is 42.0 Å². The third kappa shape index (κ3) is 3.72.